The normalized spacial score (nSPS) is 22.8. The lowest BCUT2D eigenvalue weighted by Crippen LogP contribution is -2.53. The fraction of sp³-hybridized carbons (Fsp3) is 0.333. The molecule has 0 spiro atoms. The minimum Gasteiger partial charge on any atom is -0.364 e. The van der Waals surface area contributed by atoms with Crippen LogP contribution in [-0.2, 0) is 16.1 Å². The molecule has 0 saturated carbocycles. The predicted octanol–water partition coefficient (Wildman–Crippen LogP) is 0.729. The van der Waals surface area contributed by atoms with Gasteiger partial charge in [0.1, 0.15) is 6.61 Å². The van der Waals surface area contributed by atoms with Crippen LogP contribution in [0.3, 0.4) is 0 Å². The molecule has 2 aliphatic heterocycles. The van der Waals surface area contributed by atoms with Gasteiger partial charge in [0.2, 0.25) is 11.7 Å². The third-order valence-corrected chi connectivity index (χ3v) is 4.62. The summed E-state index contributed by atoms with van der Waals surface area (Å²) in [7, 11) is 0. The average Bonchev–Trinajstić information content (AvgIpc) is 3.10. The van der Waals surface area contributed by atoms with E-state index in [1.54, 1.807) is 23.4 Å². The molecule has 2 aliphatic rings. The number of hydrogen-bond acceptors (Lipinski definition) is 5. The largest absolute Gasteiger partial charge is 0.364 e. The van der Waals surface area contributed by atoms with Gasteiger partial charge in [0.25, 0.3) is 5.91 Å². The summed E-state index contributed by atoms with van der Waals surface area (Å²) in [5.41, 5.74) is 1.06. The summed E-state index contributed by atoms with van der Waals surface area (Å²) < 4.78 is 5.67. The van der Waals surface area contributed by atoms with Crippen LogP contribution < -0.4 is 0 Å². The highest BCUT2D eigenvalue weighted by Crippen LogP contribution is 2.26. The topological polar surface area (TPSA) is 75.6 Å². The Bertz CT molecular complexity index is 768. The first-order chi connectivity index (χ1) is 12.2. The van der Waals surface area contributed by atoms with Crippen molar-refractivity contribution in [1.82, 2.24) is 19.8 Å². The molecule has 25 heavy (non-hydrogen) atoms. The van der Waals surface area contributed by atoms with Crippen LogP contribution in [0.1, 0.15) is 16.2 Å². The van der Waals surface area contributed by atoms with Crippen molar-refractivity contribution in [2.45, 2.75) is 18.7 Å². The number of benzene rings is 1. The number of ether oxygens (including phenoxy) is 1. The van der Waals surface area contributed by atoms with Crippen molar-refractivity contribution in [2.75, 3.05) is 19.7 Å². The van der Waals surface area contributed by atoms with E-state index in [0.29, 0.717) is 19.6 Å². The van der Waals surface area contributed by atoms with E-state index in [1.807, 2.05) is 35.2 Å². The summed E-state index contributed by atoms with van der Waals surface area (Å²) in [5, 5.41) is 0. The summed E-state index contributed by atoms with van der Waals surface area (Å²) in [4.78, 5) is 36.5. The number of hydrogen-bond donors (Lipinski definition) is 0. The Balaban J connectivity index is 1.52. The number of nitrogens with zero attached hydrogens (tertiary/aromatic N) is 4. The van der Waals surface area contributed by atoms with Crippen LogP contribution in [0.5, 0.6) is 0 Å². The van der Waals surface area contributed by atoms with Gasteiger partial charge in [0.05, 0.1) is 12.1 Å². The standard InChI is InChI=1S/C18H18N4O3/c23-16-12-25-15-11-21(18(24)17-19-7-4-8-20-17)10-14(15)22(16)9-13-5-2-1-3-6-13/h1-8,14-15H,9-12H2/t14-,15-/m1/s1. The Morgan fingerprint density at radius 2 is 1.88 bits per heavy atom. The first-order valence-corrected chi connectivity index (χ1v) is 8.23. The molecule has 2 atom stereocenters. The highest BCUT2D eigenvalue weighted by atomic mass is 16.5. The van der Waals surface area contributed by atoms with Crippen molar-refractivity contribution in [1.29, 1.82) is 0 Å². The Morgan fingerprint density at radius 3 is 2.64 bits per heavy atom. The average molecular weight is 338 g/mol. The van der Waals surface area contributed by atoms with Crippen LogP contribution in [-0.4, -0.2) is 63.4 Å². The van der Waals surface area contributed by atoms with Crippen LogP contribution >= 0.6 is 0 Å². The van der Waals surface area contributed by atoms with Gasteiger partial charge in [-0.2, -0.15) is 0 Å². The van der Waals surface area contributed by atoms with E-state index >= 15 is 0 Å². The van der Waals surface area contributed by atoms with E-state index in [-0.39, 0.29) is 36.4 Å². The number of morpholine rings is 1. The third kappa shape index (κ3) is 3.10. The number of carbonyl (C=O) groups is 2. The van der Waals surface area contributed by atoms with Crippen LogP contribution in [0, 0.1) is 0 Å². The first-order valence-electron chi connectivity index (χ1n) is 8.23. The molecule has 0 bridgehead atoms. The minimum atomic E-state index is -0.231. The van der Waals surface area contributed by atoms with Crippen LogP contribution in [0.15, 0.2) is 48.8 Å². The van der Waals surface area contributed by atoms with Gasteiger partial charge in [0.15, 0.2) is 0 Å². The van der Waals surface area contributed by atoms with Gasteiger partial charge in [-0.3, -0.25) is 9.59 Å². The van der Waals surface area contributed by atoms with Crippen molar-refractivity contribution >= 4 is 11.8 Å². The molecule has 4 rings (SSSR count). The van der Waals surface area contributed by atoms with Crippen molar-refractivity contribution in [3.8, 4) is 0 Å². The zero-order chi connectivity index (χ0) is 17.2. The first kappa shape index (κ1) is 15.7. The summed E-state index contributed by atoms with van der Waals surface area (Å²) in [5.74, 6) is -0.108. The van der Waals surface area contributed by atoms with Gasteiger partial charge in [-0.05, 0) is 11.6 Å². The van der Waals surface area contributed by atoms with Gasteiger partial charge < -0.3 is 14.5 Å². The summed E-state index contributed by atoms with van der Waals surface area (Å²) in [6.45, 7) is 1.45. The number of fused-ring (bicyclic) bond motifs is 1. The molecule has 0 aliphatic carbocycles. The Hall–Kier alpha value is -2.80. The van der Waals surface area contributed by atoms with Gasteiger partial charge in [-0.25, -0.2) is 9.97 Å². The third-order valence-electron chi connectivity index (χ3n) is 4.62. The van der Waals surface area contributed by atoms with Gasteiger partial charge in [-0.15, -0.1) is 0 Å². The second-order valence-electron chi connectivity index (χ2n) is 6.21. The molecule has 2 aromatic rings. The van der Waals surface area contributed by atoms with Crippen molar-refractivity contribution in [3.05, 3.63) is 60.2 Å². The number of rotatable bonds is 3. The van der Waals surface area contributed by atoms with Gasteiger partial charge >= 0.3 is 0 Å². The van der Waals surface area contributed by atoms with E-state index in [0.717, 1.165) is 5.56 Å². The molecule has 0 radical (unpaired) electrons. The second kappa shape index (κ2) is 6.60. The van der Waals surface area contributed by atoms with Crippen molar-refractivity contribution in [2.24, 2.45) is 0 Å². The maximum Gasteiger partial charge on any atom is 0.291 e. The Morgan fingerprint density at radius 1 is 1.12 bits per heavy atom. The molecule has 2 amide bonds. The molecule has 0 unspecified atom stereocenters. The van der Waals surface area contributed by atoms with E-state index < -0.39 is 0 Å². The molecule has 7 nitrogen and oxygen atoms in total. The number of carbonyl (C=O) groups excluding carboxylic acids is 2. The van der Waals surface area contributed by atoms with Gasteiger partial charge in [0, 0.05) is 32.0 Å². The van der Waals surface area contributed by atoms with Gasteiger partial charge in [-0.1, -0.05) is 30.3 Å². The molecule has 1 aromatic heterocycles. The Kier molecular flexibility index (Phi) is 4.15. The SMILES string of the molecule is O=C(c1ncccn1)N1C[C@@H]2[C@@H](C1)OCC(=O)N2Cc1ccccc1. The van der Waals surface area contributed by atoms with Crippen LogP contribution in [0.2, 0.25) is 0 Å². The zero-order valence-electron chi connectivity index (χ0n) is 13.6. The van der Waals surface area contributed by atoms with E-state index in [9.17, 15) is 9.59 Å². The molecule has 7 heteroatoms. The smallest absolute Gasteiger partial charge is 0.291 e. The van der Waals surface area contributed by atoms with Crippen LogP contribution in [0.25, 0.3) is 0 Å². The van der Waals surface area contributed by atoms with E-state index in [2.05, 4.69) is 9.97 Å². The lowest BCUT2D eigenvalue weighted by molar-refractivity contribution is -0.153. The highest BCUT2D eigenvalue weighted by Gasteiger charge is 2.45. The molecule has 128 valence electrons. The molecule has 3 heterocycles. The summed E-state index contributed by atoms with van der Waals surface area (Å²) in [6, 6.07) is 11.4. The molecule has 2 saturated heterocycles. The molecule has 2 fully saturated rings. The van der Waals surface area contributed by atoms with Crippen molar-refractivity contribution in [3.63, 3.8) is 0 Å². The summed E-state index contributed by atoms with van der Waals surface area (Å²) >= 11 is 0. The quantitative estimate of drug-likeness (QED) is 0.825. The number of likely N-dealkylation sites (tertiary alicyclic amines) is 1. The lowest BCUT2D eigenvalue weighted by Gasteiger charge is -2.36. The number of amides is 2. The van der Waals surface area contributed by atoms with E-state index in [1.165, 1.54) is 0 Å². The predicted molar refractivity (Wildman–Crippen MR) is 88.5 cm³/mol. The monoisotopic (exact) mass is 338 g/mol. The highest BCUT2D eigenvalue weighted by molar-refractivity contribution is 5.91. The fourth-order valence-electron chi connectivity index (χ4n) is 3.37. The molecule has 0 N–H and O–H groups in total. The summed E-state index contributed by atoms with van der Waals surface area (Å²) in [6.07, 6.45) is 2.92. The molecule has 1 aromatic carbocycles. The maximum atomic E-state index is 12.6. The fourth-order valence-corrected chi connectivity index (χ4v) is 3.37. The maximum absolute atomic E-state index is 12.6. The van der Waals surface area contributed by atoms with E-state index in [4.69, 9.17) is 4.74 Å². The minimum absolute atomic E-state index is 0.0460. The second-order valence-corrected chi connectivity index (χ2v) is 6.21. The number of aromatic nitrogens is 2. The Labute approximate surface area is 145 Å². The molecular weight excluding hydrogens is 320 g/mol. The zero-order valence-corrected chi connectivity index (χ0v) is 13.6. The lowest BCUT2D eigenvalue weighted by atomic mass is 10.1. The van der Waals surface area contributed by atoms with Crippen molar-refractivity contribution < 1.29 is 14.3 Å². The molecular formula is C18H18N4O3. The van der Waals surface area contributed by atoms with Crippen LogP contribution in [0.4, 0.5) is 0 Å².